The maximum Gasteiger partial charge on any atom is 0.275 e. The predicted molar refractivity (Wildman–Crippen MR) is 122 cm³/mol. The molecule has 1 aromatic rings. The lowest BCUT2D eigenvalue weighted by Crippen LogP contribution is -2.53. The number of hydrogen-bond acceptors (Lipinski definition) is 5. The molecule has 30 heavy (non-hydrogen) atoms. The molecule has 0 spiro atoms. The lowest BCUT2D eigenvalue weighted by molar-refractivity contribution is 0.0821. The van der Waals surface area contributed by atoms with Crippen LogP contribution >= 0.6 is 11.6 Å². The first-order chi connectivity index (χ1) is 14.2. The first-order valence-electron chi connectivity index (χ1n) is 11.4. The zero-order valence-corrected chi connectivity index (χ0v) is 20.2. The summed E-state index contributed by atoms with van der Waals surface area (Å²) in [7, 11) is 3.42. The lowest BCUT2D eigenvalue weighted by Gasteiger charge is -2.35. The highest BCUT2D eigenvalue weighted by molar-refractivity contribution is 6.34. The largest absolute Gasteiger partial charge is 0.343 e. The fraction of sp³-hybridized carbons (Fsp3) is 0.818. The number of likely N-dealkylation sites (tertiary alicyclic amines) is 1. The van der Waals surface area contributed by atoms with Crippen LogP contribution in [0.1, 0.15) is 63.1 Å². The summed E-state index contributed by atoms with van der Waals surface area (Å²) in [4.78, 5) is 18.5. The van der Waals surface area contributed by atoms with Crippen molar-refractivity contribution in [3.8, 4) is 0 Å². The molecule has 8 heteroatoms. The van der Waals surface area contributed by atoms with Crippen molar-refractivity contribution in [1.29, 1.82) is 0 Å². The van der Waals surface area contributed by atoms with Crippen molar-refractivity contribution in [3.63, 3.8) is 0 Å². The number of fused-ring (bicyclic) bond motifs is 3. The van der Waals surface area contributed by atoms with Gasteiger partial charge < -0.3 is 10.2 Å². The molecule has 7 nitrogen and oxygen atoms in total. The van der Waals surface area contributed by atoms with E-state index in [0.717, 1.165) is 49.9 Å². The quantitative estimate of drug-likeness (QED) is 0.786. The first-order valence-corrected chi connectivity index (χ1v) is 11.8. The van der Waals surface area contributed by atoms with Crippen LogP contribution in [0, 0.1) is 0 Å². The van der Waals surface area contributed by atoms with Gasteiger partial charge in [0.15, 0.2) is 5.69 Å². The average molecular weight is 439 g/mol. The average Bonchev–Trinajstić information content (AvgIpc) is 3.09. The molecule has 1 aromatic heterocycles. The highest BCUT2D eigenvalue weighted by Gasteiger charge is 2.32. The highest BCUT2D eigenvalue weighted by atomic mass is 35.5. The molecule has 2 unspecified atom stereocenters. The number of carbonyl (C=O) groups is 1. The van der Waals surface area contributed by atoms with Gasteiger partial charge in [-0.2, -0.15) is 5.10 Å². The molecule has 2 atom stereocenters. The smallest absolute Gasteiger partial charge is 0.275 e. The molecule has 1 amide bonds. The van der Waals surface area contributed by atoms with E-state index in [1.807, 2.05) is 4.68 Å². The van der Waals surface area contributed by atoms with E-state index < -0.39 is 0 Å². The SMILES string of the molecule is CC(C)N1CC2CCC(C1)N2.CC(C)N1CCCn2nc(C(=O)N(C)C)c(Cl)c2C1. The van der Waals surface area contributed by atoms with Crippen LogP contribution in [0.4, 0.5) is 0 Å². The van der Waals surface area contributed by atoms with E-state index in [-0.39, 0.29) is 5.91 Å². The van der Waals surface area contributed by atoms with Gasteiger partial charge in [0, 0.05) is 71.0 Å². The Kier molecular flexibility index (Phi) is 7.82. The van der Waals surface area contributed by atoms with E-state index in [9.17, 15) is 4.79 Å². The molecule has 4 heterocycles. The van der Waals surface area contributed by atoms with Gasteiger partial charge in [-0.25, -0.2) is 0 Å². The van der Waals surface area contributed by atoms with Gasteiger partial charge >= 0.3 is 0 Å². The Bertz CT molecular complexity index is 719. The maximum atomic E-state index is 12.0. The monoisotopic (exact) mass is 438 g/mol. The fourth-order valence-electron chi connectivity index (χ4n) is 4.55. The Morgan fingerprint density at radius 2 is 1.67 bits per heavy atom. The summed E-state index contributed by atoms with van der Waals surface area (Å²) in [6.07, 6.45) is 3.82. The van der Waals surface area contributed by atoms with Gasteiger partial charge in [0.1, 0.15) is 0 Å². The van der Waals surface area contributed by atoms with Crippen LogP contribution in [0.25, 0.3) is 0 Å². The summed E-state index contributed by atoms with van der Waals surface area (Å²) < 4.78 is 1.89. The van der Waals surface area contributed by atoms with Gasteiger partial charge in [0.05, 0.1) is 10.7 Å². The van der Waals surface area contributed by atoms with E-state index in [4.69, 9.17) is 11.6 Å². The summed E-state index contributed by atoms with van der Waals surface area (Å²) in [6, 6.07) is 2.80. The minimum Gasteiger partial charge on any atom is -0.343 e. The van der Waals surface area contributed by atoms with E-state index in [1.54, 1.807) is 14.1 Å². The van der Waals surface area contributed by atoms with Crippen LogP contribution in [0.2, 0.25) is 5.02 Å². The van der Waals surface area contributed by atoms with Crippen LogP contribution in [0.15, 0.2) is 0 Å². The number of piperazine rings is 1. The third-order valence-corrected chi connectivity index (χ3v) is 6.87. The maximum absolute atomic E-state index is 12.0. The van der Waals surface area contributed by atoms with Crippen molar-refractivity contribution >= 4 is 17.5 Å². The summed E-state index contributed by atoms with van der Waals surface area (Å²) in [5.74, 6) is -0.137. The summed E-state index contributed by atoms with van der Waals surface area (Å²) in [5.41, 5.74) is 1.32. The number of halogens is 1. The molecule has 0 aliphatic carbocycles. The molecule has 2 bridgehead atoms. The van der Waals surface area contributed by atoms with Gasteiger partial charge in [0.2, 0.25) is 0 Å². The summed E-state index contributed by atoms with van der Waals surface area (Å²) in [6.45, 7) is 14.1. The van der Waals surface area contributed by atoms with E-state index in [1.165, 1.54) is 30.8 Å². The van der Waals surface area contributed by atoms with Crippen molar-refractivity contribution < 1.29 is 4.79 Å². The number of rotatable bonds is 3. The Labute approximate surface area is 186 Å². The van der Waals surface area contributed by atoms with E-state index in [2.05, 4.69) is 47.9 Å². The molecule has 2 saturated heterocycles. The Balaban J connectivity index is 0.000000196. The van der Waals surface area contributed by atoms with Crippen molar-refractivity contribution in [2.75, 3.05) is 33.7 Å². The summed E-state index contributed by atoms with van der Waals surface area (Å²) in [5, 5.41) is 8.53. The lowest BCUT2D eigenvalue weighted by atomic mass is 10.2. The number of carbonyl (C=O) groups excluding carboxylic acids is 1. The number of nitrogens with zero attached hydrogens (tertiary/aromatic N) is 5. The van der Waals surface area contributed by atoms with Gasteiger partial charge in [-0.1, -0.05) is 11.6 Å². The number of amides is 1. The number of nitrogens with one attached hydrogen (secondary N) is 1. The fourth-order valence-corrected chi connectivity index (χ4v) is 4.82. The number of hydrogen-bond donors (Lipinski definition) is 1. The molecule has 0 radical (unpaired) electrons. The van der Waals surface area contributed by atoms with Gasteiger partial charge in [-0.05, 0) is 47.0 Å². The van der Waals surface area contributed by atoms with Gasteiger partial charge in [-0.3, -0.25) is 19.3 Å². The van der Waals surface area contributed by atoms with Gasteiger partial charge in [0.25, 0.3) is 5.91 Å². The molecule has 2 fully saturated rings. The number of aryl methyl sites for hydroxylation is 1. The second kappa shape index (κ2) is 9.98. The van der Waals surface area contributed by atoms with Crippen molar-refractivity contribution in [3.05, 3.63) is 16.4 Å². The minimum atomic E-state index is -0.137. The van der Waals surface area contributed by atoms with Crippen LogP contribution in [-0.4, -0.2) is 88.3 Å². The Morgan fingerprint density at radius 1 is 1.07 bits per heavy atom. The molecule has 3 aliphatic heterocycles. The second-order valence-electron chi connectivity index (χ2n) is 9.64. The Hall–Kier alpha value is -1.15. The zero-order valence-electron chi connectivity index (χ0n) is 19.5. The molecule has 3 aliphatic rings. The normalized spacial score (nSPS) is 24.4. The van der Waals surface area contributed by atoms with Crippen LogP contribution in [-0.2, 0) is 13.1 Å². The topological polar surface area (TPSA) is 56.6 Å². The molecule has 1 N–H and O–H groups in total. The summed E-state index contributed by atoms with van der Waals surface area (Å²) >= 11 is 6.37. The minimum absolute atomic E-state index is 0.137. The molecular formula is C22H39ClN6O. The van der Waals surface area contributed by atoms with Crippen LogP contribution < -0.4 is 5.32 Å². The van der Waals surface area contributed by atoms with Crippen molar-refractivity contribution in [1.82, 2.24) is 29.8 Å². The molecule has 4 rings (SSSR count). The predicted octanol–water partition coefficient (Wildman–Crippen LogP) is 2.68. The molecule has 0 saturated carbocycles. The Morgan fingerprint density at radius 3 is 2.20 bits per heavy atom. The molecule has 170 valence electrons. The van der Waals surface area contributed by atoms with Crippen LogP contribution in [0.3, 0.4) is 0 Å². The highest BCUT2D eigenvalue weighted by Crippen LogP contribution is 2.26. The van der Waals surface area contributed by atoms with E-state index in [0.29, 0.717) is 16.8 Å². The molecular weight excluding hydrogens is 400 g/mol. The number of aromatic nitrogens is 2. The van der Waals surface area contributed by atoms with E-state index >= 15 is 0 Å². The zero-order chi connectivity index (χ0) is 22.0. The third-order valence-electron chi connectivity index (χ3n) is 6.48. The van der Waals surface area contributed by atoms with Crippen molar-refractivity contribution in [2.45, 2.75) is 84.2 Å². The third kappa shape index (κ3) is 5.36. The van der Waals surface area contributed by atoms with Crippen molar-refractivity contribution in [2.24, 2.45) is 0 Å². The first kappa shape index (κ1) is 23.5. The van der Waals surface area contributed by atoms with Gasteiger partial charge in [-0.15, -0.1) is 0 Å². The standard InChI is InChI=1S/C13H21ClN4O.C9H18N2/c1-9(2)17-6-5-7-18-10(8-17)11(14)12(15-18)13(19)16(3)4;1-7(2)11-5-8-3-4-9(6-11)10-8/h9H,5-8H2,1-4H3;7-10H,3-6H2,1-2H3. The molecule has 0 aromatic carbocycles. The second-order valence-corrected chi connectivity index (χ2v) is 10.0. The van der Waals surface area contributed by atoms with Crippen LogP contribution in [0.5, 0.6) is 0 Å².